The summed E-state index contributed by atoms with van der Waals surface area (Å²) in [6.45, 7) is 2.82. The standard InChI is InChI=1S/C22H27FN2O3/c1-22(27)11-12-25(14-16-7-6-10-18(23)13-16)20(17-8-4-3-5-9-17)21(22)24-19(26)15-28-2/h3-10,13,20-21,27H,11-12,14-15H2,1-2H3,(H,24,26)/t20-,21-,22+/m0/s1. The summed E-state index contributed by atoms with van der Waals surface area (Å²) in [5.74, 6) is -0.552. The quantitative estimate of drug-likeness (QED) is 0.801. The third-order valence-corrected chi connectivity index (χ3v) is 5.29. The van der Waals surface area contributed by atoms with Gasteiger partial charge >= 0.3 is 0 Å². The maximum Gasteiger partial charge on any atom is 0.246 e. The number of methoxy groups -OCH3 is 1. The van der Waals surface area contributed by atoms with Crippen LogP contribution in [0.25, 0.3) is 0 Å². The molecular formula is C22H27FN2O3. The summed E-state index contributed by atoms with van der Waals surface area (Å²) in [4.78, 5) is 14.5. The first kappa shape index (κ1) is 20.5. The van der Waals surface area contributed by atoms with Crippen molar-refractivity contribution >= 4 is 5.91 Å². The molecule has 6 heteroatoms. The second-order valence-electron chi connectivity index (χ2n) is 7.54. The number of benzene rings is 2. The summed E-state index contributed by atoms with van der Waals surface area (Å²) in [6, 6.07) is 15.5. The van der Waals surface area contributed by atoms with Gasteiger partial charge in [0.15, 0.2) is 0 Å². The Morgan fingerprint density at radius 1 is 1.29 bits per heavy atom. The molecule has 2 aromatic rings. The predicted octanol–water partition coefficient (Wildman–Crippen LogP) is 2.65. The van der Waals surface area contributed by atoms with Gasteiger partial charge in [0.25, 0.3) is 0 Å². The zero-order valence-electron chi connectivity index (χ0n) is 16.3. The highest BCUT2D eigenvalue weighted by atomic mass is 19.1. The van der Waals surface area contributed by atoms with Gasteiger partial charge < -0.3 is 15.2 Å². The summed E-state index contributed by atoms with van der Waals surface area (Å²) in [6.07, 6.45) is 0.490. The van der Waals surface area contributed by atoms with Crippen LogP contribution in [0.3, 0.4) is 0 Å². The zero-order chi connectivity index (χ0) is 20.1. The fourth-order valence-corrected chi connectivity index (χ4v) is 3.90. The van der Waals surface area contributed by atoms with Gasteiger partial charge in [-0.2, -0.15) is 0 Å². The van der Waals surface area contributed by atoms with E-state index in [1.54, 1.807) is 13.0 Å². The summed E-state index contributed by atoms with van der Waals surface area (Å²) < 4.78 is 18.6. The minimum absolute atomic E-state index is 0.0714. The van der Waals surface area contributed by atoms with E-state index in [1.165, 1.54) is 19.2 Å². The van der Waals surface area contributed by atoms with Gasteiger partial charge in [0, 0.05) is 20.2 Å². The molecule has 1 heterocycles. The van der Waals surface area contributed by atoms with E-state index in [0.29, 0.717) is 19.5 Å². The second-order valence-corrected chi connectivity index (χ2v) is 7.54. The van der Waals surface area contributed by atoms with Crippen LogP contribution in [0.1, 0.15) is 30.5 Å². The average molecular weight is 386 g/mol. The maximum absolute atomic E-state index is 13.7. The Kier molecular flexibility index (Phi) is 6.44. The number of hydrogen-bond donors (Lipinski definition) is 2. The van der Waals surface area contributed by atoms with E-state index < -0.39 is 11.6 Å². The molecule has 0 aromatic heterocycles. The molecular weight excluding hydrogens is 359 g/mol. The molecule has 0 spiro atoms. The first-order valence-corrected chi connectivity index (χ1v) is 9.45. The summed E-state index contributed by atoms with van der Waals surface area (Å²) >= 11 is 0. The van der Waals surface area contributed by atoms with Gasteiger partial charge in [0.1, 0.15) is 12.4 Å². The normalized spacial score (nSPS) is 25.4. The molecule has 1 fully saturated rings. The molecule has 1 saturated heterocycles. The zero-order valence-corrected chi connectivity index (χ0v) is 16.3. The summed E-state index contributed by atoms with van der Waals surface area (Å²) in [5.41, 5.74) is 0.758. The first-order valence-electron chi connectivity index (χ1n) is 9.45. The van der Waals surface area contributed by atoms with Crippen molar-refractivity contribution in [3.8, 4) is 0 Å². The van der Waals surface area contributed by atoms with Crippen molar-refractivity contribution in [3.05, 3.63) is 71.5 Å². The molecule has 0 radical (unpaired) electrons. The van der Waals surface area contributed by atoms with Gasteiger partial charge in [-0.25, -0.2) is 4.39 Å². The van der Waals surface area contributed by atoms with Gasteiger partial charge in [-0.3, -0.25) is 9.69 Å². The molecule has 28 heavy (non-hydrogen) atoms. The molecule has 2 N–H and O–H groups in total. The minimum atomic E-state index is -1.08. The fraction of sp³-hybridized carbons (Fsp3) is 0.409. The SMILES string of the molecule is COCC(=O)N[C@H]1[C@H](c2ccccc2)N(Cc2cccc(F)c2)CC[C@@]1(C)O. The van der Waals surface area contributed by atoms with Crippen LogP contribution >= 0.6 is 0 Å². The van der Waals surface area contributed by atoms with Crippen molar-refractivity contribution < 1.29 is 19.0 Å². The Morgan fingerprint density at radius 2 is 2.04 bits per heavy atom. The number of rotatable bonds is 6. The number of hydrogen-bond acceptors (Lipinski definition) is 4. The minimum Gasteiger partial charge on any atom is -0.388 e. The number of halogens is 1. The third kappa shape index (κ3) is 4.76. The van der Waals surface area contributed by atoms with E-state index in [1.807, 2.05) is 36.4 Å². The first-order chi connectivity index (χ1) is 13.4. The van der Waals surface area contributed by atoms with Crippen molar-refractivity contribution in [3.63, 3.8) is 0 Å². The van der Waals surface area contributed by atoms with E-state index in [9.17, 15) is 14.3 Å². The lowest BCUT2D eigenvalue weighted by Gasteiger charge is -2.49. The number of nitrogens with zero attached hydrogens (tertiary/aromatic N) is 1. The maximum atomic E-state index is 13.7. The Hall–Kier alpha value is -2.28. The Balaban J connectivity index is 1.95. The number of piperidine rings is 1. The molecule has 3 rings (SSSR count). The van der Waals surface area contributed by atoms with Gasteiger partial charge in [-0.1, -0.05) is 42.5 Å². The Labute approximate surface area is 165 Å². The number of carbonyl (C=O) groups is 1. The van der Waals surface area contributed by atoms with Crippen LogP contribution in [-0.2, 0) is 16.1 Å². The van der Waals surface area contributed by atoms with Gasteiger partial charge in [-0.15, -0.1) is 0 Å². The summed E-state index contributed by atoms with van der Waals surface area (Å²) in [5, 5.41) is 14.0. The number of ether oxygens (including phenoxy) is 1. The highest BCUT2D eigenvalue weighted by Crippen LogP contribution is 2.37. The van der Waals surface area contributed by atoms with E-state index in [4.69, 9.17) is 4.74 Å². The second kappa shape index (κ2) is 8.82. The molecule has 1 aliphatic rings. The van der Waals surface area contributed by atoms with E-state index in [2.05, 4.69) is 10.2 Å². The molecule has 1 aliphatic heterocycles. The molecule has 150 valence electrons. The van der Waals surface area contributed by atoms with Crippen LogP contribution in [0, 0.1) is 5.82 Å². The van der Waals surface area contributed by atoms with Crippen LogP contribution in [0.2, 0.25) is 0 Å². The van der Waals surface area contributed by atoms with Crippen LogP contribution in [0.5, 0.6) is 0 Å². The van der Waals surface area contributed by atoms with E-state index in [-0.39, 0.29) is 24.4 Å². The molecule has 0 aliphatic carbocycles. The Bertz CT molecular complexity index is 797. The molecule has 0 saturated carbocycles. The molecule has 0 bridgehead atoms. The average Bonchev–Trinajstić information content (AvgIpc) is 2.66. The lowest BCUT2D eigenvalue weighted by Crippen LogP contribution is -2.62. The number of likely N-dealkylation sites (tertiary alicyclic amines) is 1. The Morgan fingerprint density at radius 3 is 2.71 bits per heavy atom. The van der Waals surface area contributed by atoms with Crippen molar-refractivity contribution in [1.82, 2.24) is 10.2 Å². The van der Waals surface area contributed by atoms with Gasteiger partial charge in [-0.05, 0) is 36.6 Å². The smallest absolute Gasteiger partial charge is 0.246 e. The number of nitrogens with one attached hydrogen (secondary N) is 1. The van der Waals surface area contributed by atoms with Crippen LogP contribution in [0.15, 0.2) is 54.6 Å². The number of amides is 1. The van der Waals surface area contributed by atoms with Crippen LogP contribution in [0.4, 0.5) is 4.39 Å². The molecule has 2 aromatic carbocycles. The molecule has 3 atom stereocenters. The van der Waals surface area contributed by atoms with Crippen molar-refractivity contribution in [2.75, 3.05) is 20.3 Å². The highest BCUT2D eigenvalue weighted by Gasteiger charge is 2.46. The highest BCUT2D eigenvalue weighted by molar-refractivity contribution is 5.77. The molecule has 5 nitrogen and oxygen atoms in total. The monoisotopic (exact) mass is 386 g/mol. The van der Waals surface area contributed by atoms with Crippen molar-refractivity contribution in [1.29, 1.82) is 0 Å². The van der Waals surface area contributed by atoms with E-state index in [0.717, 1.165) is 11.1 Å². The third-order valence-electron chi connectivity index (χ3n) is 5.29. The topological polar surface area (TPSA) is 61.8 Å². The van der Waals surface area contributed by atoms with Gasteiger partial charge in [0.05, 0.1) is 17.7 Å². The van der Waals surface area contributed by atoms with E-state index >= 15 is 0 Å². The van der Waals surface area contributed by atoms with Crippen LogP contribution in [-0.4, -0.2) is 47.8 Å². The van der Waals surface area contributed by atoms with Crippen molar-refractivity contribution in [2.45, 2.75) is 37.6 Å². The molecule has 1 amide bonds. The lowest BCUT2D eigenvalue weighted by molar-refractivity contribution is -0.132. The van der Waals surface area contributed by atoms with Crippen LogP contribution < -0.4 is 5.32 Å². The fourth-order valence-electron chi connectivity index (χ4n) is 3.90. The summed E-state index contributed by atoms with van der Waals surface area (Å²) in [7, 11) is 1.46. The largest absolute Gasteiger partial charge is 0.388 e. The number of carbonyl (C=O) groups excluding carboxylic acids is 1. The lowest BCUT2D eigenvalue weighted by atomic mass is 9.79. The predicted molar refractivity (Wildman–Crippen MR) is 105 cm³/mol. The van der Waals surface area contributed by atoms with Crippen molar-refractivity contribution in [2.24, 2.45) is 0 Å². The molecule has 0 unspecified atom stereocenters. The van der Waals surface area contributed by atoms with Gasteiger partial charge in [0.2, 0.25) is 5.91 Å². The number of aliphatic hydroxyl groups is 1.